The molecule has 14 heteroatoms. The summed E-state index contributed by atoms with van der Waals surface area (Å²) in [7, 11) is 0. The fourth-order valence-corrected chi connectivity index (χ4v) is 7.08. The van der Waals surface area contributed by atoms with Crippen LogP contribution in [-0.2, 0) is 23.7 Å². The van der Waals surface area contributed by atoms with Crippen LogP contribution >= 0.6 is 0 Å². The lowest BCUT2D eigenvalue weighted by Gasteiger charge is -2.46. The summed E-state index contributed by atoms with van der Waals surface area (Å²) in [6.07, 6.45) is 16.7. The molecule has 2 rings (SSSR count). The van der Waals surface area contributed by atoms with Gasteiger partial charge in [0.05, 0.1) is 32.0 Å². The molecular formula is C44H79NO13. The van der Waals surface area contributed by atoms with E-state index in [1.165, 1.54) is 51.4 Å². The molecule has 9 N–H and O–H groups in total. The molecule has 1 amide bonds. The van der Waals surface area contributed by atoms with E-state index in [1.54, 1.807) is 6.08 Å². The molecule has 0 saturated carbocycles. The van der Waals surface area contributed by atoms with Gasteiger partial charge in [0.15, 0.2) is 12.6 Å². The number of unbranched alkanes of at least 4 members (excludes halogenated alkanes) is 15. The number of aliphatic hydroxyl groups excluding tert-OH is 8. The minimum Gasteiger partial charge on any atom is -0.394 e. The van der Waals surface area contributed by atoms with Crippen molar-refractivity contribution in [2.24, 2.45) is 0 Å². The van der Waals surface area contributed by atoms with Crippen LogP contribution in [0.1, 0.15) is 142 Å². The molecule has 0 aromatic heterocycles. The number of hydrogen-bond acceptors (Lipinski definition) is 13. The van der Waals surface area contributed by atoms with Crippen molar-refractivity contribution in [3.05, 3.63) is 36.5 Å². The van der Waals surface area contributed by atoms with Crippen LogP contribution in [0.15, 0.2) is 36.5 Å². The monoisotopic (exact) mass is 830 g/mol. The Morgan fingerprint density at radius 2 is 1.10 bits per heavy atom. The van der Waals surface area contributed by atoms with E-state index in [1.807, 2.05) is 6.08 Å². The van der Waals surface area contributed by atoms with Gasteiger partial charge in [0.2, 0.25) is 5.91 Å². The van der Waals surface area contributed by atoms with Gasteiger partial charge >= 0.3 is 0 Å². The van der Waals surface area contributed by atoms with Crippen molar-refractivity contribution >= 4 is 5.91 Å². The zero-order chi connectivity index (χ0) is 42.5. The topological polar surface area (TPSA) is 228 Å². The van der Waals surface area contributed by atoms with Gasteiger partial charge in [-0.05, 0) is 44.9 Å². The van der Waals surface area contributed by atoms with E-state index < -0.39 is 86.8 Å². The number of rotatable bonds is 32. The fourth-order valence-electron chi connectivity index (χ4n) is 7.08. The smallest absolute Gasteiger partial charge is 0.220 e. The maximum Gasteiger partial charge on any atom is 0.220 e. The van der Waals surface area contributed by atoms with Gasteiger partial charge < -0.3 is 65.1 Å². The van der Waals surface area contributed by atoms with Crippen molar-refractivity contribution in [3.8, 4) is 0 Å². The summed E-state index contributed by atoms with van der Waals surface area (Å²) in [5.74, 6) is -0.266. The molecule has 0 aromatic carbocycles. The summed E-state index contributed by atoms with van der Waals surface area (Å²) in [5.41, 5.74) is 0. The number of nitrogens with one attached hydrogen (secondary N) is 1. The van der Waals surface area contributed by atoms with Crippen molar-refractivity contribution in [1.82, 2.24) is 5.32 Å². The molecule has 14 nitrogen and oxygen atoms in total. The number of hydrogen-bond donors (Lipinski definition) is 9. The number of aliphatic hydroxyl groups is 8. The van der Waals surface area contributed by atoms with Crippen molar-refractivity contribution in [2.45, 2.75) is 216 Å². The summed E-state index contributed by atoms with van der Waals surface area (Å²) in [6.45, 7) is 2.65. The Labute approximate surface area is 347 Å². The van der Waals surface area contributed by atoms with Crippen molar-refractivity contribution in [1.29, 1.82) is 0 Å². The highest BCUT2D eigenvalue weighted by molar-refractivity contribution is 5.76. The quantitative estimate of drug-likeness (QED) is 0.0346. The number of ether oxygens (including phenoxy) is 4. The first-order chi connectivity index (χ1) is 28.1. The van der Waals surface area contributed by atoms with E-state index in [4.69, 9.17) is 18.9 Å². The van der Waals surface area contributed by atoms with Crippen molar-refractivity contribution in [2.75, 3.05) is 19.8 Å². The summed E-state index contributed by atoms with van der Waals surface area (Å²) in [4.78, 5) is 12.9. The molecule has 2 aliphatic rings. The molecule has 58 heavy (non-hydrogen) atoms. The lowest BCUT2D eigenvalue weighted by molar-refractivity contribution is -0.359. The van der Waals surface area contributed by atoms with Gasteiger partial charge in [0, 0.05) is 6.42 Å². The molecule has 2 saturated heterocycles. The van der Waals surface area contributed by atoms with Crippen LogP contribution in [0, 0.1) is 0 Å². The second-order valence-electron chi connectivity index (χ2n) is 15.8. The second kappa shape index (κ2) is 32.0. The van der Waals surface area contributed by atoms with E-state index in [0.29, 0.717) is 12.8 Å². The molecule has 12 atom stereocenters. The number of carbonyl (C=O) groups is 1. The highest BCUT2D eigenvalue weighted by atomic mass is 16.7. The van der Waals surface area contributed by atoms with Crippen molar-refractivity contribution < 1.29 is 64.6 Å². The lowest BCUT2D eigenvalue weighted by Crippen LogP contribution is -2.65. The SMILES string of the molecule is CCCCCCCCCC/C=C/CC/C=C/CC/C=C/C(O)C(COC1OC(CO)C(OC2OC(CO)C(O)C(O)C2O)C(O)C1O)NC(=O)CCCCCCCC. The number of amides is 1. The Morgan fingerprint density at radius 3 is 1.69 bits per heavy atom. The Morgan fingerprint density at radius 1 is 0.603 bits per heavy atom. The zero-order valence-electron chi connectivity index (χ0n) is 35.3. The Balaban J connectivity index is 1.89. The largest absolute Gasteiger partial charge is 0.394 e. The van der Waals surface area contributed by atoms with Gasteiger partial charge in [-0.2, -0.15) is 0 Å². The molecule has 0 radical (unpaired) electrons. The van der Waals surface area contributed by atoms with E-state index >= 15 is 0 Å². The molecule has 338 valence electrons. The first kappa shape index (κ1) is 52.3. The van der Waals surface area contributed by atoms with Crippen molar-refractivity contribution in [3.63, 3.8) is 0 Å². The van der Waals surface area contributed by atoms with Gasteiger partial charge in [-0.1, -0.05) is 127 Å². The average Bonchev–Trinajstić information content (AvgIpc) is 3.22. The van der Waals surface area contributed by atoms with Crippen LogP contribution in [0.5, 0.6) is 0 Å². The van der Waals surface area contributed by atoms with E-state index in [9.17, 15) is 45.6 Å². The summed E-state index contributed by atoms with van der Waals surface area (Å²) < 4.78 is 22.5. The van der Waals surface area contributed by atoms with Crippen LogP contribution in [-0.4, -0.2) is 140 Å². The Hall–Kier alpha value is -1.79. The molecule has 0 aliphatic carbocycles. The molecule has 0 aromatic rings. The normalized spacial score (nSPS) is 29.1. The molecule has 2 aliphatic heterocycles. The maximum absolute atomic E-state index is 12.9. The van der Waals surface area contributed by atoms with E-state index in [0.717, 1.165) is 57.8 Å². The van der Waals surface area contributed by atoms with Crippen LogP contribution in [0.2, 0.25) is 0 Å². The Bertz CT molecular complexity index is 1120. The predicted molar refractivity (Wildman–Crippen MR) is 221 cm³/mol. The molecular weight excluding hydrogens is 750 g/mol. The molecule has 2 fully saturated rings. The van der Waals surface area contributed by atoms with Gasteiger partial charge in [0.1, 0.15) is 48.8 Å². The van der Waals surface area contributed by atoms with Gasteiger partial charge in [0.25, 0.3) is 0 Å². The minimum absolute atomic E-state index is 0.266. The van der Waals surface area contributed by atoms with Crippen LogP contribution < -0.4 is 5.32 Å². The number of allylic oxidation sites excluding steroid dienone is 5. The number of carbonyl (C=O) groups excluding carboxylic acids is 1. The minimum atomic E-state index is -1.79. The molecule has 0 bridgehead atoms. The lowest BCUT2D eigenvalue weighted by atomic mass is 9.97. The third-order valence-electron chi connectivity index (χ3n) is 10.8. The van der Waals surface area contributed by atoms with Crippen LogP contribution in [0.25, 0.3) is 0 Å². The first-order valence-electron chi connectivity index (χ1n) is 22.2. The fraction of sp³-hybridized carbons (Fsp3) is 0.841. The standard InChI is InChI=1S/C44H79NO13/c1-3-5-7-9-11-12-13-14-15-16-17-18-19-20-21-22-23-25-27-33(48)32(45-36(49)28-26-24-10-8-6-4-2)31-55-43-41(54)39(52)42(35(30-47)57-43)58-44-40(53)38(51)37(50)34(29-46)56-44/h16-17,20-21,25,27,32-35,37-44,46-48,50-54H,3-15,18-19,22-24,26,28-31H2,1-2H3,(H,45,49)/b17-16+,21-20+,27-25+. The highest BCUT2D eigenvalue weighted by Gasteiger charge is 2.50. The van der Waals surface area contributed by atoms with Gasteiger partial charge in [-0.3, -0.25) is 4.79 Å². The maximum atomic E-state index is 12.9. The zero-order valence-corrected chi connectivity index (χ0v) is 35.3. The summed E-state index contributed by atoms with van der Waals surface area (Å²) in [5, 5.41) is 86.1. The highest BCUT2D eigenvalue weighted by Crippen LogP contribution is 2.30. The van der Waals surface area contributed by atoms with Gasteiger partial charge in [-0.25, -0.2) is 0 Å². The van der Waals surface area contributed by atoms with E-state index in [-0.39, 0.29) is 18.9 Å². The molecule has 0 spiro atoms. The molecule has 12 unspecified atom stereocenters. The first-order valence-corrected chi connectivity index (χ1v) is 22.2. The predicted octanol–water partition coefficient (Wildman–Crippen LogP) is 3.98. The second-order valence-corrected chi connectivity index (χ2v) is 15.8. The van der Waals surface area contributed by atoms with Crippen LogP contribution in [0.3, 0.4) is 0 Å². The third-order valence-corrected chi connectivity index (χ3v) is 10.8. The van der Waals surface area contributed by atoms with E-state index in [2.05, 4.69) is 43.5 Å². The average molecular weight is 830 g/mol. The van der Waals surface area contributed by atoms with Gasteiger partial charge in [-0.15, -0.1) is 0 Å². The summed E-state index contributed by atoms with van der Waals surface area (Å²) >= 11 is 0. The summed E-state index contributed by atoms with van der Waals surface area (Å²) in [6, 6.07) is -0.930. The van der Waals surface area contributed by atoms with Crippen LogP contribution in [0.4, 0.5) is 0 Å². The molecule has 2 heterocycles. The Kier molecular flexibility index (Phi) is 28.9. The third kappa shape index (κ3) is 20.2.